The summed E-state index contributed by atoms with van der Waals surface area (Å²) in [6.45, 7) is 3.68. The normalized spacial score (nSPS) is 19.6. The van der Waals surface area contributed by atoms with Gasteiger partial charge in [0.2, 0.25) is 0 Å². The Balaban J connectivity index is 1.45. The molecule has 21 heavy (non-hydrogen) atoms. The second-order valence-corrected chi connectivity index (χ2v) is 7.50. The van der Waals surface area contributed by atoms with E-state index in [0.717, 1.165) is 17.6 Å². The van der Waals surface area contributed by atoms with E-state index in [1.807, 2.05) is 6.20 Å². The first-order valence-electron chi connectivity index (χ1n) is 7.80. The van der Waals surface area contributed by atoms with Crippen LogP contribution in [-0.4, -0.2) is 42.1 Å². The summed E-state index contributed by atoms with van der Waals surface area (Å²) in [4.78, 5) is 20.0. The molecule has 2 saturated carbocycles. The van der Waals surface area contributed by atoms with E-state index in [0.29, 0.717) is 12.5 Å². The molecule has 1 aromatic rings. The van der Waals surface area contributed by atoms with Crippen LogP contribution in [0.2, 0.25) is 0 Å². The molecule has 0 radical (unpaired) electrons. The molecule has 1 heterocycles. The number of carbonyl (C=O) groups is 1. The highest BCUT2D eigenvalue weighted by molar-refractivity contribution is 7.11. The van der Waals surface area contributed by atoms with Crippen molar-refractivity contribution < 1.29 is 4.79 Å². The number of amides is 2. The van der Waals surface area contributed by atoms with Gasteiger partial charge >= 0.3 is 6.03 Å². The number of aromatic nitrogens is 1. The molecule has 0 aliphatic heterocycles. The number of urea groups is 1. The second-order valence-electron chi connectivity index (χ2n) is 6.24. The molecule has 2 N–H and O–H groups in total. The monoisotopic (exact) mass is 308 g/mol. The number of hydrogen-bond donors (Lipinski definition) is 2. The predicted molar refractivity (Wildman–Crippen MR) is 84.5 cm³/mol. The van der Waals surface area contributed by atoms with Crippen LogP contribution < -0.4 is 10.6 Å². The Morgan fingerprint density at radius 2 is 2.24 bits per heavy atom. The van der Waals surface area contributed by atoms with E-state index >= 15 is 0 Å². The lowest BCUT2D eigenvalue weighted by Gasteiger charge is -2.18. The number of hydrogen-bond acceptors (Lipinski definition) is 4. The van der Waals surface area contributed by atoms with Gasteiger partial charge in [0.25, 0.3) is 0 Å². The first-order valence-corrected chi connectivity index (χ1v) is 8.62. The highest BCUT2D eigenvalue weighted by Crippen LogP contribution is 2.41. The zero-order chi connectivity index (χ0) is 14.8. The minimum absolute atomic E-state index is 0.0658. The van der Waals surface area contributed by atoms with Crippen LogP contribution in [0.5, 0.6) is 0 Å². The fraction of sp³-hybridized carbons (Fsp3) is 0.733. The summed E-state index contributed by atoms with van der Waals surface area (Å²) in [6.07, 6.45) is 6.87. The van der Waals surface area contributed by atoms with Gasteiger partial charge in [-0.05, 0) is 45.6 Å². The summed E-state index contributed by atoms with van der Waals surface area (Å²) in [5.74, 6) is 0.565. The number of aryl methyl sites for hydroxylation is 1. The number of thiazole rings is 1. The quantitative estimate of drug-likeness (QED) is 0.812. The first kappa shape index (κ1) is 14.8. The van der Waals surface area contributed by atoms with Gasteiger partial charge in [-0.2, -0.15) is 0 Å². The van der Waals surface area contributed by atoms with Gasteiger partial charge in [-0.3, -0.25) is 0 Å². The Morgan fingerprint density at radius 3 is 2.81 bits per heavy atom. The van der Waals surface area contributed by atoms with Gasteiger partial charge in [-0.15, -0.1) is 11.3 Å². The van der Waals surface area contributed by atoms with Crippen molar-refractivity contribution in [2.45, 2.75) is 44.7 Å². The van der Waals surface area contributed by atoms with Crippen molar-refractivity contribution >= 4 is 17.4 Å². The fourth-order valence-corrected chi connectivity index (χ4v) is 3.48. The SMILES string of the molecule is Cc1cnc([C@H](NC(=O)NCCN(C)C2CC2)C2CC2)s1. The molecule has 1 atom stereocenters. The minimum Gasteiger partial charge on any atom is -0.337 e. The molecule has 2 aliphatic rings. The third-order valence-corrected chi connectivity index (χ3v) is 5.20. The van der Waals surface area contributed by atoms with Crippen LogP contribution in [0, 0.1) is 12.8 Å². The Labute approximate surface area is 130 Å². The number of nitrogens with one attached hydrogen (secondary N) is 2. The van der Waals surface area contributed by atoms with Crippen molar-refractivity contribution in [1.29, 1.82) is 0 Å². The third-order valence-electron chi connectivity index (χ3n) is 4.21. The Kier molecular flexibility index (Phi) is 4.45. The van der Waals surface area contributed by atoms with Crippen molar-refractivity contribution in [3.05, 3.63) is 16.1 Å². The molecule has 0 unspecified atom stereocenters. The standard InChI is InChI=1S/C15H24N4OS/c1-10-9-17-14(21-10)13(11-3-4-11)18-15(20)16-7-8-19(2)12-5-6-12/h9,11-13H,3-8H2,1-2H3,(H2,16,18,20)/t13-/m1/s1. The van der Waals surface area contributed by atoms with Gasteiger partial charge in [0.05, 0.1) is 6.04 Å². The molecular formula is C15H24N4OS. The van der Waals surface area contributed by atoms with Crippen LogP contribution in [0.15, 0.2) is 6.20 Å². The molecule has 0 saturated heterocycles. The lowest BCUT2D eigenvalue weighted by molar-refractivity contribution is 0.232. The maximum absolute atomic E-state index is 12.1. The maximum Gasteiger partial charge on any atom is 0.315 e. The van der Waals surface area contributed by atoms with Gasteiger partial charge < -0.3 is 15.5 Å². The Bertz CT molecular complexity index is 496. The van der Waals surface area contributed by atoms with Crippen LogP contribution in [0.1, 0.15) is 41.6 Å². The minimum atomic E-state index is -0.0658. The number of nitrogens with zero attached hydrogens (tertiary/aromatic N) is 2. The van der Waals surface area contributed by atoms with Crippen LogP contribution in [0.25, 0.3) is 0 Å². The molecule has 0 aromatic carbocycles. The van der Waals surface area contributed by atoms with E-state index in [2.05, 4.69) is 34.5 Å². The Hall–Kier alpha value is -1.14. The van der Waals surface area contributed by atoms with Crippen molar-refractivity contribution in [2.24, 2.45) is 5.92 Å². The molecular weight excluding hydrogens is 284 g/mol. The summed E-state index contributed by atoms with van der Waals surface area (Å²) in [7, 11) is 2.13. The second kappa shape index (κ2) is 6.32. The summed E-state index contributed by atoms with van der Waals surface area (Å²) >= 11 is 1.69. The third kappa shape index (κ3) is 4.17. The molecule has 0 spiro atoms. The van der Waals surface area contributed by atoms with Gasteiger partial charge in [0.15, 0.2) is 0 Å². The molecule has 2 fully saturated rings. The largest absolute Gasteiger partial charge is 0.337 e. The average molecular weight is 308 g/mol. The van der Waals surface area contributed by atoms with E-state index < -0.39 is 0 Å². The van der Waals surface area contributed by atoms with E-state index in [1.165, 1.54) is 30.6 Å². The highest BCUT2D eigenvalue weighted by Gasteiger charge is 2.35. The number of carbonyl (C=O) groups excluding carboxylic acids is 1. The first-order chi connectivity index (χ1) is 10.1. The molecule has 2 amide bonds. The van der Waals surface area contributed by atoms with E-state index in [-0.39, 0.29) is 12.1 Å². The van der Waals surface area contributed by atoms with Gasteiger partial charge in [0.1, 0.15) is 5.01 Å². The van der Waals surface area contributed by atoms with Gasteiger partial charge in [0, 0.05) is 30.2 Å². The van der Waals surface area contributed by atoms with E-state index in [1.54, 1.807) is 11.3 Å². The molecule has 116 valence electrons. The summed E-state index contributed by atoms with van der Waals surface area (Å²) in [6, 6.07) is 0.765. The molecule has 5 nitrogen and oxygen atoms in total. The lowest BCUT2D eigenvalue weighted by Crippen LogP contribution is -2.42. The van der Waals surface area contributed by atoms with Crippen molar-refractivity contribution in [3.63, 3.8) is 0 Å². The zero-order valence-corrected chi connectivity index (χ0v) is 13.6. The van der Waals surface area contributed by atoms with Gasteiger partial charge in [-0.25, -0.2) is 9.78 Å². The Morgan fingerprint density at radius 1 is 1.48 bits per heavy atom. The van der Waals surface area contributed by atoms with E-state index in [4.69, 9.17) is 0 Å². The smallest absolute Gasteiger partial charge is 0.315 e. The lowest BCUT2D eigenvalue weighted by atomic mass is 10.2. The van der Waals surface area contributed by atoms with Crippen molar-refractivity contribution in [2.75, 3.05) is 20.1 Å². The average Bonchev–Trinajstić information content (AvgIpc) is 3.34. The zero-order valence-electron chi connectivity index (χ0n) is 12.8. The number of likely N-dealkylation sites (N-methyl/N-ethyl adjacent to an activating group) is 1. The predicted octanol–water partition coefficient (Wildman–Crippen LogP) is 2.30. The van der Waals surface area contributed by atoms with Crippen LogP contribution >= 0.6 is 11.3 Å². The summed E-state index contributed by atoms with van der Waals surface area (Å²) in [5.41, 5.74) is 0. The molecule has 1 aromatic heterocycles. The topological polar surface area (TPSA) is 57.3 Å². The number of rotatable bonds is 7. The maximum atomic E-state index is 12.1. The van der Waals surface area contributed by atoms with Crippen LogP contribution in [0.4, 0.5) is 4.79 Å². The fourth-order valence-electron chi connectivity index (χ4n) is 2.56. The van der Waals surface area contributed by atoms with Crippen molar-refractivity contribution in [1.82, 2.24) is 20.5 Å². The summed E-state index contributed by atoms with van der Waals surface area (Å²) in [5, 5.41) is 7.12. The molecule has 6 heteroatoms. The van der Waals surface area contributed by atoms with Crippen LogP contribution in [-0.2, 0) is 0 Å². The summed E-state index contributed by atoms with van der Waals surface area (Å²) < 4.78 is 0. The highest BCUT2D eigenvalue weighted by atomic mass is 32.1. The molecule has 0 bridgehead atoms. The van der Waals surface area contributed by atoms with Gasteiger partial charge in [-0.1, -0.05) is 0 Å². The molecule has 3 rings (SSSR count). The van der Waals surface area contributed by atoms with E-state index in [9.17, 15) is 4.79 Å². The van der Waals surface area contributed by atoms with Crippen LogP contribution in [0.3, 0.4) is 0 Å². The molecule has 2 aliphatic carbocycles. The van der Waals surface area contributed by atoms with Crippen molar-refractivity contribution in [3.8, 4) is 0 Å².